The van der Waals surface area contributed by atoms with E-state index in [-0.39, 0.29) is 6.04 Å². The summed E-state index contributed by atoms with van der Waals surface area (Å²) in [6.07, 6.45) is 1.98. The smallest absolute Gasteiger partial charge is 0.0965 e. The lowest BCUT2D eigenvalue weighted by molar-refractivity contribution is 0.579. The number of H-pyrrole nitrogens is 1. The summed E-state index contributed by atoms with van der Waals surface area (Å²) in [6.45, 7) is 2.98. The van der Waals surface area contributed by atoms with Crippen LogP contribution in [0.15, 0.2) is 79.0 Å². The van der Waals surface area contributed by atoms with E-state index in [2.05, 4.69) is 77.0 Å². The van der Waals surface area contributed by atoms with Crippen molar-refractivity contribution in [3.8, 4) is 11.3 Å². The van der Waals surface area contributed by atoms with Crippen molar-refractivity contribution < 1.29 is 0 Å². The van der Waals surface area contributed by atoms with Crippen LogP contribution >= 0.6 is 0 Å². The fourth-order valence-corrected chi connectivity index (χ4v) is 3.30. The van der Waals surface area contributed by atoms with Gasteiger partial charge in [-0.2, -0.15) is 5.10 Å². The summed E-state index contributed by atoms with van der Waals surface area (Å²) in [5.41, 5.74) is 4.65. The van der Waals surface area contributed by atoms with Crippen LogP contribution in [0.1, 0.15) is 24.1 Å². The predicted octanol–water partition coefficient (Wildman–Crippen LogP) is 5.08. The third kappa shape index (κ3) is 3.19. The summed E-state index contributed by atoms with van der Waals surface area (Å²) in [7, 11) is 0. The average molecular weight is 327 g/mol. The van der Waals surface area contributed by atoms with Crippen molar-refractivity contribution in [3.63, 3.8) is 0 Å². The lowest BCUT2D eigenvalue weighted by Crippen LogP contribution is -2.18. The molecule has 0 saturated heterocycles. The number of benzene rings is 3. The van der Waals surface area contributed by atoms with Gasteiger partial charge in [0.1, 0.15) is 0 Å². The van der Waals surface area contributed by atoms with Crippen LogP contribution < -0.4 is 5.32 Å². The Balaban J connectivity index is 1.55. The monoisotopic (exact) mass is 327 g/mol. The summed E-state index contributed by atoms with van der Waals surface area (Å²) in [5, 5.41) is 13.7. The second-order valence-electron chi connectivity index (χ2n) is 6.30. The molecule has 3 aromatic carbocycles. The molecule has 3 nitrogen and oxygen atoms in total. The summed E-state index contributed by atoms with van der Waals surface area (Å²) >= 11 is 0. The molecule has 0 aliphatic heterocycles. The van der Waals surface area contributed by atoms with Gasteiger partial charge in [-0.1, -0.05) is 72.8 Å². The molecule has 0 amide bonds. The molecule has 4 rings (SSSR count). The zero-order valence-corrected chi connectivity index (χ0v) is 14.2. The number of nitrogens with one attached hydrogen (secondary N) is 2. The minimum Gasteiger partial charge on any atom is -0.306 e. The number of fused-ring (bicyclic) bond motifs is 1. The van der Waals surface area contributed by atoms with Crippen LogP contribution in [0.25, 0.3) is 22.0 Å². The summed E-state index contributed by atoms with van der Waals surface area (Å²) < 4.78 is 0. The molecule has 124 valence electrons. The minimum atomic E-state index is 0.254. The van der Waals surface area contributed by atoms with Crippen LogP contribution in [0, 0.1) is 0 Å². The molecular formula is C22H21N3. The van der Waals surface area contributed by atoms with Crippen LogP contribution in [0.5, 0.6) is 0 Å². The van der Waals surface area contributed by atoms with Crippen molar-refractivity contribution >= 4 is 10.8 Å². The fraction of sp³-hybridized carbons (Fsp3) is 0.136. The van der Waals surface area contributed by atoms with E-state index < -0.39 is 0 Å². The number of rotatable bonds is 5. The molecule has 25 heavy (non-hydrogen) atoms. The van der Waals surface area contributed by atoms with Crippen molar-refractivity contribution in [2.75, 3.05) is 0 Å². The quantitative estimate of drug-likeness (QED) is 0.536. The lowest BCUT2D eigenvalue weighted by atomic mass is 9.99. The summed E-state index contributed by atoms with van der Waals surface area (Å²) in [5.74, 6) is 0. The summed E-state index contributed by atoms with van der Waals surface area (Å²) in [6, 6.07) is 25.6. The maximum absolute atomic E-state index is 4.42. The maximum Gasteiger partial charge on any atom is 0.0965 e. The van der Waals surface area contributed by atoms with E-state index in [1.54, 1.807) is 0 Å². The molecule has 0 fully saturated rings. The van der Waals surface area contributed by atoms with E-state index in [1.165, 1.54) is 21.9 Å². The van der Waals surface area contributed by atoms with Crippen LogP contribution in [-0.2, 0) is 6.54 Å². The Morgan fingerprint density at radius 3 is 2.56 bits per heavy atom. The van der Waals surface area contributed by atoms with Crippen molar-refractivity contribution in [3.05, 3.63) is 90.1 Å². The first kappa shape index (κ1) is 15.6. The van der Waals surface area contributed by atoms with Gasteiger partial charge < -0.3 is 5.32 Å². The topological polar surface area (TPSA) is 40.7 Å². The summed E-state index contributed by atoms with van der Waals surface area (Å²) in [4.78, 5) is 0. The number of hydrogen-bond donors (Lipinski definition) is 2. The van der Waals surface area contributed by atoms with Gasteiger partial charge in [-0.25, -0.2) is 0 Å². The number of aromatic amines is 1. The molecule has 0 bridgehead atoms. The molecule has 0 saturated carbocycles. The van der Waals surface area contributed by atoms with Crippen LogP contribution in [0.3, 0.4) is 0 Å². The van der Waals surface area contributed by atoms with Crippen molar-refractivity contribution in [2.45, 2.75) is 19.5 Å². The Morgan fingerprint density at radius 1 is 0.920 bits per heavy atom. The molecule has 2 N–H and O–H groups in total. The van der Waals surface area contributed by atoms with E-state index in [0.29, 0.717) is 0 Å². The minimum absolute atomic E-state index is 0.254. The first-order chi connectivity index (χ1) is 12.3. The van der Waals surface area contributed by atoms with Gasteiger partial charge in [0.2, 0.25) is 0 Å². The average Bonchev–Trinajstić information content (AvgIpc) is 3.15. The SMILES string of the molecule is C[C@@H](NCc1c[nH]nc1-c1ccccc1)c1cccc2ccccc12. The Labute approximate surface area is 147 Å². The number of nitrogens with zero attached hydrogens (tertiary/aromatic N) is 1. The molecule has 0 aliphatic rings. The molecule has 1 heterocycles. The van der Waals surface area contributed by atoms with Crippen LogP contribution in [-0.4, -0.2) is 10.2 Å². The van der Waals surface area contributed by atoms with Gasteiger partial charge in [-0.05, 0) is 23.3 Å². The lowest BCUT2D eigenvalue weighted by Gasteiger charge is -2.16. The standard InChI is InChI=1S/C22H21N3/c1-16(20-13-7-11-17-8-5-6-12-21(17)20)23-14-19-15-24-25-22(19)18-9-3-2-4-10-18/h2-13,15-16,23H,14H2,1H3,(H,24,25)/t16-/m1/s1. The van der Waals surface area contributed by atoms with Gasteiger partial charge in [0.05, 0.1) is 5.69 Å². The third-order valence-electron chi connectivity index (χ3n) is 4.66. The molecular weight excluding hydrogens is 306 g/mol. The highest BCUT2D eigenvalue weighted by Gasteiger charge is 2.12. The maximum atomic E-state index is 4.42. The van der Waals surface area contributed by atoms with E-state index >= 15 is 0 Å². The van der Waals surface area contributed by atoms with Crippen molar-refractivity contribution in [1.82, 2.24) is 15.5 Å². The van der Waals surface area contributed by atoms with E-state index in [0.717, 1.165) is 17.8 Å². The Kier molecular flexibility index (Phi) is 4.32. The second kappa shape index (κ2) is 6.91. The van der Waals surface area contributed by atoms with E-state index in [1.807, 2.05) is 24.4 Å². The normalized spacial score (nSPS) is 12.4. The molecule has 4 aromatic rings. The Morgan fingerprint density at radius 2 is 1.68 bits per heavy atom. The van der Waals surface area contributed by atoms with Crippen LogP contribution in [0.2, 0.25) is 0 Å². The highest BCUT2D eigenvalue weighted by molar-refractivity contribution is 5.86. The molecule has 0 aliphatic carbocycles. The van der Waals surface area contributed by atoms with E-state index in [9.17, 15) is 0 Å². The van der Waals surface area contributed by atoms with Crippen molar-refractivity contribution in [2.24, 2.45) is 0 Å². The van der Waals surface area contributed by atoms with E-state index in [4.69, 9.17) is 0 Å². The first-order valence-corrected chi connectivity index (χ1v) is 8.62. The van der Waals surface area contributed by atoms with Gasteiger partial charge >= 0.3 is 0 Å². The predicted molar refractivity (Wildman–Crippen MR) is 103 cm³/mol. The van der Waals surface area contributed by atoms with Gasteiger partial charge in [0.15, 0.2) is 0 Å². The third-order valence-corrected chi connectivity index (χ3v) is 4.66. The molecule has 3 heteroatoms. The first-order valence-electron chi connectivity index (χ1n) is 8.62. The molecule has 1 aromatic heterocycles. The van der Waals surface area contributed by atoms with Gasteiger partial charge in [0.25, 0.3) is 0 Å². The molecule has 0 radical (unpaired) electrons. The number of aromatic nitrogens is 2. The van der Waals surface area contributed by atoms with Gasteiger partial charge in [0, 0.05) is 29.9 Å². The molecule has 1 atom stereocenters. The highest BCUT2D eigenvalue weighted by Crippen LogP contribution is 2.25. The largest absolute Gasteiger partial charge is 0.306 e. The number of hydrogen-bond acceptors (Lipinski definition) is 2. The second-order valence-corrected chi connectivity index (χ2v) is 6.30. The molecule has 0 spiro atoms. The zero-order chi connectivity index (χ0) is 17.1. The Bertz CT molecular complexity index is 967. The highest BCUT2D eigenvalue weighted by atomic mass is 15.1. The van der Waals surface area contributed by atoms with Gasteiger partial charge in [-0.3, -0.25) is 5.10 Å². The van der Waals surface area contributed by atoms with Gasteiger partial charge in [-0.15, -0.1) is 0 Å². The molecule has 0 unspecified atom stereocenters. The van der Waals surface area contributed by atoms with Crippen LogP contribution in [0.4, 0.5) is 0 Å². The Hall–Kier alpha value is -2.91. The van der Waals surface area contributed by atoms with Crippen molar-refractivity contribution in [1.29, 1.82) is 0 Å². The fourth-order valence-electron chi connectivity index (χ4n) is 3.30. The zero-order valence-electron chi connectivity index (χ0n) is 14.2.